The van der Waals surface area contributed by atoms with E-state index in [1.54, 1.807) is 0 Å². The van der Waals surface area contributed by atoms with Crippen LogP contribution in [0.4, 0.5) is 0 Å². The summed E-state index contributed by atoms with van der Waals surface area (Å²) in [5, 5.41) is 0. The minimum Gasteiger partial charge on any atom is -0.0616 e. The fourth-order valence-corrected chi connectivity index (χ4v) is 0.955. The third kappa shape index (κ3) is 1.42. The summed E-state index contributed by atoms with van der Waals surface area (Å²) in [6.45, 7) is 0. The van der Waals surface area contributed by atoms with E-state index in [2.05, 4.69) is 6.07 Å². The van der Waals surface area contributed by atoms with E-state index < -0.39 is 0 Å². The minimum atomic E-state index is 0.967. The second kappa shape index (κ2) is 3.00. The largest absolute Gasteiger partial charge is 0.0616 e. The molecule has 0 atom stereocenters. The first-order valence-electron chi connectivity index (χ1n) is 2.19. The molecule has 0 N–H and O–H groups in total. The Bertz CT molecular complexity index is 150. The third-order valence-corrected chi connectivity index (χ3v) is 1.68. The molecule has 0 aliphatic heterocycles. The maximum atomic E-state index is 5.41. The van der Waals surface area contributed by atoms with E-state index in [0.717, 1.165) is 4.90 Å². The van der Waals surface area contributed by atoms with Gasteiger partial charge in [-0.1, -0.05) is 18.2 Å². The SMILES string of the molecule is ClSc1[c]cccc1. The molecule has 0 fully saturated rings. The Morgan fingerprint density at radius 2 is 2.38 bits per heavy atom. The lowest BCUT2D eigenvalue weighted by Gasteiger charge is -1.86. The van der Waals surface area contributed by atoms with Crippen molar-refractivity contribution in [2.75, 3.05) is 0 Å². The van der Waals surface area contributed by atoms with E-state index in [-0.39, 0.29) is 0 Å². The van der Waals surface area contributed by atoms with Crippen molar-refractivity contribution in [1.29, 1.82) is 0 Å². The second-order valence-corrected chi connectivity index (χ2v) is 2.36. The molecule has 1 aromatic carbocycles. The zero-order valence-corrected chi connectivity index (χ0v) is 5.67. The van der Waals surface area contributed by atoms with Gasteiger partial charge in [-0.15, -0.1) is 0 Å². The number of rotatable bonds is 1. The fraction of sp³-hybridized carbons (Fsp3) is 0. The van der Waals surface area contributed by atoms with Crippen LogP contribution < -0.4 is 0 Å². The first-order valence-corrected chi connectivity index (χ1v) is 3.83. The van der Waals surface area contributed by atoms with Crippen LogP contribution in [0.15, 0.2) is 29.2 Å². The summed E-state index contributed by atoms with van der Waals surface area (Å²) >= 11 is 0. The molecule has 41 valence electrons. The van der Waals surface area contributed by atoms with Crippen LogP contribution in [0.5, 0.6) is 0 Å². The van der Waals surface area contributed by atoms with Crippen molar-refractivity contribution < 1.29 is 0 Å². The van der Waals surface area contributed by atoms with Gasteiger partial charge < -0.3 is 0 Å². The molecule has 2 heteroatoms. The average molecular weight is 144 g/mol. The number of benzene rings is 1. The molecule has 0 unspecified atom stereocenters. The average Bonchev–Trinajstić information content (AvgIpc) is 1.90. The quantitative estimate of drug-likeness (QED) is 0.583. The normalized spacial score (nSPS) is 9.12. The molecule has 0 nitrogen and oxygen atoms in total. The van der Waals surface area contributed by atoms with E-state index in [1.807, 2.05) is 24.3 Å². The van der Waals surface area contributed by atoms with Gasteiger partial charge in [-0.2, -0.15) is 0 Å². The van der Waals surface area contributed by atoms with Gasteiger partial charge in [0.05, 0.1) is 0 Å². The van der Waals surface area contributed by atoms with E-state index in [9.17, 15) is 0 Å². The molecular formula is C6H4ClS. The highest BCUT2D eigenvalue weighted by Gasteiger charge is 1.83. The Kier molecular flexibility index (Phi) is 2.25. The van der Waals surface area contributed by atoms with Gasteiger partial charge in [0.2, 0.25) is 0 Å². The van der Waals surface area contributed by atoms with Gasteiger partial charge in [-0.05, 0) is 33.8 Å². The van der Waals surface area contributed by atoms with Crippen molar-refractivity contribution in [3.63, 3.8) is 0 Å². The van der Waals surface area contributed by atoms with Crippen LogP contribution in [-0.2, 0) is 0 Å². The van der Waals surface area contributed by atoms with Crippen LogP contribution in [0.3, 0.4) is 0 Å². The predicted molar refractivity (Wildman–Crippen MR) is 37.0 cm³/mol. The lowest BCUT2D eigenvalue weighted by atomic mass is 10.4. The monoisotopic (exact) mass is 143 g/mol. The zero-order valence-electron chi connectivity index (χ0n) is 4.10. The molecule has 8 heavy (non-hydrogen) atoms. The van der Waals surface area contributed by atoms with Gasteiger partial charge in [0.15, 0.2) is 0 Å². The highest BCUT2D eigenvalue weighted by atomic mass is 35.7. The molecule has 1 rings (SSSR count). The maximum Gasteiger partial charge on any atom is 0.0312 e. The molecule has 0 spiro atoms. The summed E-state index contributed by atoms with van der Waals surface area (Å²) in [4.78, 5) is 0.967. The molecular weight excluding hydrogens is 140 g/mol. The Morgan fingerprint density at radius 3 is 2.75 bits per heavy atom. The Labute approximate surface area is 57.4 Å². The zero-order chi connectivity index (χ0) is 5.82. The smallest absolute Gasteiger partial charge is 0.0312 e. The highest BCUT2D eigenvalue weighted by Crippen LogP contribution is 2.19. The fourth-order valence-electron chi connectivity index (χ4n) is 0.425. The molecule has 0 heterocycles. The Balaban J connectivity index is 2.83. The summed E-state index contributed by atoms with van der Waals surface area (Å²) in [6.07, 6.45) is 0. The first-order chi connectivity index (χ1) is 3.93. The summed E-state index contributed by atoms with van der Waals surface area (Å²) < 4.78 is 0. The van der Waals surface area contributed by atoms with Gasteiger partial charge in [-0.3, -0.25) is 0 Å². The Morgan fingerprint density at radius 1 is 1.50 bits per heavy atom. The molecule has 0 bridgehead atoms. The van der Waals surface area contributed by atoms with Gasteiger partial charge >= 0.3 is 0 Å². The highest BCUT2D eigenvalue weighted by molar-refractivity contribution is 8.21. The van der Waals surface area contributed by atoms with Crippen LogP contribution >= 0.6 is 21.7 Å². The summed E-state index contributed by atoms with van der Waals surface area (Å²) in [6, 6.07) is 10.5. The lowest BCUT2D eigenvalue weighted by molar-refractivity contribution is 1.46. The van der Waals surface area contributed by atoms with Crippen molar-refractivity contribution in [1.82, 2.24) is 0 Å². The lowest BCUT2D eigenvalue weighted by Crippen LogP contribution is -1.61. The molecule has 0 saturated heterocycles. The van der Waals surface area contributed by atoms with E-state index in [4.69, 9.17) is 10.7 Å². The van der Waals surface area contributed by atoms with E-state index in [1.165, 1.54) is 11.0 Å². The van der Waals surface area contributed by atoms with Gasteiger partial charge in [-0.25, -0.2) is 0 Å². The molecule has 1 aromatic rings. The van der Waals surface area contributed by atoms with Crippen molar-refractivity contribution in [3.05, 3.63) is 30.3 Å². The summed E-state index contributed by atoms with van der Waals surface area (Å²) in [7, 11) is 6.60. The van der Waals surface area contributed by atoms with E-state index in [0.29, 0.717) is 0 Å². The van der Waals surface area contributed by atoms with Crippen molar-refractivity contribution in [2.45, 2.75) is 4.90 Å². The topological polar surface area (TPSA) is 0 Å². The van der Waals surface area contributed by atoms with Crippen LogP contribution in [0.2, 0.25) is 0 Å². The van der Waals surface area contributed by atoms with Crippen molar-refractivity contribution in [3.8, 4) is 0 Å². The Hall–Kier alpha value is -0.140. The molecule has 0 amide bonds. The molecule has 0 saturated carbocycles. The first kappa shape index (κ1) is 5.99. The third-order valence-electron chi connectivity index (χ3n) is 0.764. The standard InChI is InChI=1S/C6H4ClS/c7-8-6-4-2-1-3-5-6/h1-4H. The molecule has 0 aliphatic rings. The second-order valence-electron chi connectivity index (χ2n) is 1.30. The van der Waals surface area contributed by atoms with Gasteiger partial charge in [0.25, 0.3) is 0 Å². The van der Waals surface area contributed by atoms with Crippen molar-refractivity contribution in [2.24, 2.45) is 0 Å². The van der Waals surface area contributed by atoms with Gasteiger partial charge in [0.1, 0.15) is 0 Å². The molecule has 0 aliphatic carbocycles. The van der Waals surface area contributed by atoms with Crippen LogP contribution in [0.1, 0.15) is 0 Å². The van der Waals surface area contributed by atoms with Gasteiger partial charge in [0, 0.05) is 4.90 Å². The number of hydrogen-bond acceptors (Lipinski definition) is 1. The minimum absolute atomic E-state index is 0.967. The van der Waals surface area contributed by atoms with Crippen molar-refractivity contribution >= 4 is 21.7 Å². The van der Waals surface area contributed by atoms with Crippen LogP contribution in [-0.4, -0.2) is 0 Å². The summed E-state index contributed by atoms with van der Waals surface area (Å²) in [5.74, 6) is 0. The molecule has 0 aromatic heterocycles. The molecule has 1 radical (unpaired) electrons. The summed E-state index contributed by atoms with van der Waals surface area (Å²) in [5.41, 5.74) is 0. The van der Waals surface area contributed by atoms with Crippen LogP contribution in [0.25, 0.3) is 0 Å². The maximum absolute atomic E-state index is 5.41. The van der Waals surface area contributed by atoms with Crippen LogP contribution in [0, 0.1) is 6.07 Å². The number of halogens is 1. The number of hydrogen-bond donors (Lipinski definition) is 0. The van der Waals surface area contributed by atoms with E-state index >= 15 is 0 Å². The predicted octanol–water partition coefficient (Wildman–Crippen LogP) is 2.73.